The third-order valence-corrected chi connectivity index (χ3v) is 4.26. The van der Waals surface area contributed by atoms with Crippen molar-refractivity contribution in [1.82, 2.24) is 5.32 Å². The molecule has 0 aliphatic heterocycles. The van der Waals surface area contributed by atoms with E-state index in [0.29, 0.717) is 6.42 Å². The number of ether oxygens (including phenoxy) is 1. The van der Waals surface area contributed by atoms with Gasteiger partial charge >= 0.3 is 12.1 Å². The minimum Gasteiger partial charge on any atom is -0.481 e. The van der Waals surface area contributed by atoms with E-state index in [1.807, 2.05) is 44.2 Å². The molecular formula is C22H33NO6. The van der Waals surface area contributed by atoms with Gasteiger partial charge in [-0.3, -0.25) is 9.59 Å². The molecule has 0 fully saturated rings. The van der Waals surface area contributed by atoms with Crippen LogP contribution in [0.25, 0.3) is 0 Å². The maximum Gasteiger partial charge on any atom is 0.407 e. The van der Waals surface area contributed by atoms with E-state index >= 15 is 0 Å². The fourth-order valence-electron chi connectivity index (χ4n) is 3.00. The summed E-state index contributed by atoms with van der Waals surface area (Å²) in [5.41, 5.74) is 0.0829. The first kappa shape index (κ1) is 24.6. The largest absolute Gasteiger partial charge is 0.481 e. The Balaban J connectivity index is 2.95. The van der Waals surface area contributed by atoms with Gasteiger partial charge in [0, 0.05) is 6.42 Å². The number of carboxylic acids is 1. The summed E-state index contributed by atoms with van der Waals surface area (Å²) in [7, 11) is 0. The molecule has 0 spiro atoms. The van der Waals surface area contributed by atoms with Crippen molar-refractivity contribution in [3.05, 3.63) is 35.9 Å². The standard InChI is InChI=1S/C22H33NO6/c1-14(2)11-16(20(26)27)13-18(24)19(25)17(12-15-9-7-6-8-10-15)23-21(28)29-22(3,4)5/h6-10,14,16-17,19,25H,11-13H2,1-5H3,(H,23,28)(H,26,27). The van der Waals surface area contributed by atoms with E-state index in [1.165, 1.54) is 0 Å². The average Bonchev–Trinajstić information content (AvgIpc) is 2.58. The van der Waals surface area contributed by atoms with Crippen LogP contribution in [0.3, 0.4) is 0 Å². The van der Waals surface area contributed by atoms with E-state index in [0.717, 1.165) is 5.56 Å². The number of aliphatic hydroxyl groups is 1. The topological polar surface area (TPSA) is 113 Å². The molecule has 3 atom stereocenters. The molecule has 1 aromatic rings. The quantitative estimate of drug-likeness (QED) is 0.549. The van der Waals surface area contributed by atoms with E-state index in [-0.39, 0.29) is 18.8 Å². The molecule has 1 amide bonds. The monoisotopic (exact) mass is 407 g/mol. The van der Waals surface area contributed by atoms with Crippen LogP contribution in [0.15, 0.2) is 30.3 Å². The van der Waals surface area contributed by atoms with Gasteiger partial charge in [-0.1, -0.05) is 44.2 Å². The van der Waals surface area contributed by atoms with Gasteiger partial charge in [-0.15, -0.1) is 0 Å². The molecule has 7 nitrogen and oxygen atoms in total. The van der Waals surface area contributed by atoms with Crippen LogP contribution in [0.4, 0.5) is 4.79 Å². The molecule has 1 rings (SSSR count). The fraction of sp³-hybridized carbons (Fsp3) is 0.591. The number of amides is 1. The van der Waals surface area contributed by atoms with Crippen molar-refractivity contribution >= 4 is 17.8 Å². The lowest BCUT2D eigenvalue weighted by molar-refractivity contribution is -0.145. The Morgan fingerprint density at radius 1 is 1.10 bits per heavy atom. The van der Waals surface area contributed by atoms with Gasteiger partial charge in [-0.25, -0.2) is 4.79 Å². The summed E-state index contributed by atoms with van der Waals surface area (Å²) in [5.74, 6) is -2.47. The molecule has 162 valence electrons. The van der Waals surface area contributed by atoms with Gasteiger partial charge in [0.05, 0.1) is 12.0 Å². The van der Waals surface area contributed by atoms with Crippen molar-refractivity contribution in [2.24, 2.45) is 11.8 Å². The number of carbonyl (C=O) groups excluding carboxylic acids is 2. The number of carboxylic acid groups (broad SMARTS) is 1. The molecule has 3 unspecified atom stereocenters. The maximum atomic E-state index is 12.6. The van der Waals surface area contributed by atoms with Gasteiger partial charge in [-0.05, 0) is 45.1 Å². The maximum absolute atomic E-state index is 12.6. The Morgan fingerprint density at radius 3 is 2.17 bits per heavy atom. The predicted octanol–water partition coefficient (Wildman–Crippen LogP) is 3.19. The molecule has 0 aliphatic carbocycles. The van der Waals surface area contributed by atoms with E-state index in [1.54, 1.807) is 20.8 Å². The van der Waals surface area contributed by atoms with Gasteiger partial charge in [0.2, 0.25) is 0 Å². The highest BCUT2D eigenvalue weighted by atomic mass is 16.6. The Labute approximate surface area is 172 Å². The first-order valence-corrected chi connectivity index (χ1v) is 9.86. The van der Waals surface area contributed by atoms with Crippen molar-refractivity contribution < 1.29 is 29.3 Å². The zero-order chi connectivity index (χ0) is 22.2. The number of alkyl carbamates (subject to hydrolysis) is 1. The summed E-state index contributed by atoms with van der Waals surface area (Å²) in [4.78, 5) is 36.3. The first-order chi connectivity index (χ1) is 13.4. The van der Waals surface area contributed by atoms with Crippen molar-refractivity contribution in [2.45, 2.75) is 71.6 Å². The van der Waals surface area contributed by atoms with Gasteiger partial charge in [-0.2, -0.15) is 0 Å². The van der Waals surface area contributed by atoms with Crippen molar-refractivity contribution in [1.29, 1.82) is 0 Å². The molecule has 7 heteroatoms. The predicted molar refractivity (Wildman–Crippen MR) is 110 cm³/mol. The number of carbonyl (C=O) groups is 3. The van der Waals surface area contributed by atoms with Gasteiger partial charge in [0.1, 0.15) is 11.7 Å². The second kappa shape index (κ2) is 11.0. The van der Waals surface area contributed by atoms with E-state index in [4.69, 9.17) is 4.74 Å². The minimum atomic E-state index is -1.54. The second-order valence-corrected chi connectivity index (χ2v) is 8.72. The Bertz CT molecular complexity index is 680. The molecule has 0 saturated carbocycles. The molecule has 29 heavy (non-hydrogen) atoms. The van der Waals surface area contributed by atoms with Crippen molar-refractivity contribution in [2.75, 3.05) is 0 Å². The third kappa shape index (κ3) is 9.56. The number of hydrogen-bond acceptors (Lipinski definition) is 5. The number of hydrogen-bond donors (Lipinski definition) is 3. The summed E-state index contributed by atoms with van der Waals surface area (Å²) >= 11 is 0. The number of Topliss-reactive ketones (excluding diaryl/α,β-unsaturated/α-hetero) is 1. The van der Waals surface area contributed by atoms with Crippen LogP contribution in [0.1, 0.15) is 53.0 Å². The highest BCUT2D eigenvalue weighted by Gasteiger charge is 2.32. The summed E-state index contributed by atoms with van der Waals surface area (Å²) in [6, 6.07) is 8.17. The Hall–Kier alpha value is -2.41. The molecule has 0 radical (unpaired) electrons. The number of nitrogens with one attached hydrogen (secondary N) is 1. The van der Waals surface area contributed by atoms with Crippen LogP contribution in [-0.4, -0.2) is 45.8 Å². The second-order valence-electron chi connectivity index (χ2n) is 8.72. The van der Waals surface area contributed by atoms with Crippen LogP contribution >= 0.6 is 0 Å². The Kier molecular flexibility index (Phi) is 9.30. The van der Waals surface area contributed by atoms with Crippen LogP contribution in [0.5, 0.6) is 0 Å². The molecule has 0 aliphatic rings. The molecule has 0 saturated heterocycles. The van der Waals surface area contributed by atoms with Gasteiger partial charge in [0.15, 0.2) is 5.78 Å². The van der Waals surface area contributed by atoms with Crippen molar-refractivity contribution in [3.8, 4) is 0 Å². The lowest BCUT2D eigenvalue weighted by Gasteiger charge is -2.27. The normalized spacial score (nSPS) is 14.7. The highest BCUT2D eigenvalue weighted by molar-refractivity contribution is 5.88. The van der Waals surface area contributed by atoms with Gasteiger partial charge < -0.3 is 20.3 Å². The van der Waals surface area contributed by atoms with E-state index < -0.39 is 41.5 Å². The number of aliphatic hydroxyl groups excluding tert-OH is 1. The lowest BCUT2D eigenvalue weighted by Crippen LogP contribution is -2.50. The number of benzene rings is 1. The first-order valence-electron chi connectivity index (χ1n) is 9.86. The number of aliphatic carboxylic acids is 1. The average molecular weight is 408 g/mol. The molecule has 0 bridgehead atoms. The fourth-order valence-corrected chi connectivity index (χ4v) is 3.00. The molecule has 1 aromatic carbocycles. The third-order valence-electron chi connectivity index (χ3n) is 4.26. The molecule has 3 N–H and O–H groups in total. The smallest absolute Gasteiger partial charge is 0.407 e. The number of rotatable bonds is 10. The SMILES string of the molecule is CC(C)CC(CC(=O)C(O)C(Cc1ccccc1)NC(=O)OC(C)(C)C)C(=O)O. The zero-order valence-corrected chi connectivity index (χ0v) is 17.8. The van der Waals surface area contributed by atoms with Crippen LogP contribution in [0.2, 0.25) is 0 Å². The number of ketones is 1. The van der Waals surface area contributed by atoms with Crippen molar-refractivity contribution in [3.63, 3.8) is 0 Å². The summed E-state index contributed by atoms with van der Waals surface area (Å²) in [6.45, 7) is 8.88. The molecule has 0 aromatic heterocycles. The van der Waals surface area contributed by atoms with Crippen LogP contribution < -0.4 is 5.32 Å². The summed E-state index contributed by atoms with van der Waals surface area (Å²) < 4.78 is 5.24. The molecule has 0 heterocycles. The Morgan fingerprint density at radius 2 is 1.69 bits per heavy atom. The minimum absolute atomic E-state index is 0.0982. The summed E-state index contributed by atoms with van der Waals surface area (Å²) in [5, 5.41) is 22.6. The van der Waals surface area contributed by atoms with Gasteiger partial charge in [0.25, 0.3) is 0 Å². The summed E-state index contributed by atoms with van der Waals surface area (Å²) in [6.07, 6.45) is -2.05. The highest BCUT2D eigenvalue weighted by Crippen LogP contribution is 2.19. The van der Waals surface area contributed by atoms with E-state index in [2.05, 4.69) is 5.32 Å². The zero-order valence-electron chi connectivity index (χ0n) is 17.8. The molecular weight excluding hydrogens is 374 g/mol. The lowest BCUT2D eigenvalue weighted by atomic mass is 9.89. The van der Waals surface area contributed by atoms with E-state index in [9.17, 15) is 24.6 Å². The van der Waals surface area contributed by atoms with Crippen LogP contribution in [-0.2, 0) is 20.7 Å². The van der Waals surface area contributed by atoms with Crippen LogP contribution in [0, 0.1) is 11.8 Å².